The largest absolute Gasteiger partial charge is 0.293 e. The highest BCUT2D eigenvalue weighted by atomic mass is 16.6. The van der Waals surface area contributed by atoms with Crippen molar-refractivity contribution in [1.82, 2.24) is 15.3 Å². The highest BCUT2D eigenvalue weighted by Crippen LogP contribution is 2.25. The first kappa shape index (κ1) is 19.2. The Bertz CT molecular complexity index is 1040. The predicted octanol–water partition coefficient (Wildman–Crippen LogP) is 3.75. The number of carbonyl (C=O) groups is 1. The van der Waals surface area contributed by atoms with Crippen molar-refractivity contribution < 1.29 is 14.6 Å². The van der Waals surface area contributed by atoms with E-state index in [4.69, 9.17) is 4.84 Å². The Morgan fingerprint density at radius 1 is 1.18 bits per heavy atom. The molecule has 0 atom stereocenters. The van der Waals surface area contributed by atoms with Crippen LogP contribution in [-0.4, -0.2) is 27.2 Å². The molecule has 0 aliphatic rings. The number of nitrogens with zero attached hydrogens (tertiary/aromatic N) is 3. The fourth-order valence-corrected chi connectivity index (χ4v) is 2.71. The molecule has 0 fully saturated rings. The van der Waals surface area contributed by atoms with Crippen LogP contribution in [0.4, 0.5) is 5.69 Å². The number of aromatic nitrogens is 2. The summed E-state index contributed by atoms with van der Waals surface area (Å²) in [5, 5.41) is 15.6. The van der Waals surface area contributed by atoms with E-state index in [1.54, 1.807) is 25.1 Å². The molecule has 1 N–H and O–H groups in total. The van der Waals surface area contributed by atoms with Crippen LogP contribution in [0.5, 0.6) is 0 Å². The van der Waals surface area contributed by atoms with Crippen LogP contribution >= 0.6 is 0 Å². The van der Waals surface area contributed by atoms with Crippen LogP contribution in [0.2, 0.25) is 0 Å². The minimum Gasteiger partial charge on any atom is -0.274 e. The molecule has 1 aromatic heterocycles. The summed E-state index contributed by atoms with van der Waals surface area (Å²) in [6.45, 7) is 6.07. The average molecular weight is 380 g/mol. The van der Waals surface area contributed by atoms with Gasteiger partial charge < -0.3 is 0 Å². The van der Waals surface area contributed by atoms with Crippen molar-refractivity contribution in [2.45, 2.75) is 20.8 Å². The molecule has 0 saturated carbocycles. The van der Waals surface area contributed by atoms with Crippen LogP contribution in [0.1, 0.15) is 28.5 Å². The first-order chi connectivity index (χ1) is 13.4. The molecule has 3 rings (SSSR count). The summed E-state index contributed by atoms with van der Waals surface area (Å²) in [4.78, 5) is 28.2. The van der Waals surface area contributed by atoms with E-state index < -0.39 is 10.8 Å². The summed E-state index contributed by atoms with van der Waals surface area (Å²) in [7, 11) is 0. The minimum atomic E-state index is -0.490. The summed E-state index contributed by atoms with van der Waals surface area (Å²) in [5.74, 6) is -0.490. The van der Waals surface area contributed by atoms with E-state index in [0.717, 1.165) is 16.7 Å². The maximum absolute atomic E-state index is 12.6. The minimum absolute atomic E-state index is 0.0862. The number of non-ortho nitro benzene ring substituents is 1. The van der Waals surface area contributed by atoms with Crippen molar-refractivity contribution in [3.63, 3.8) is 0 Å². The second-order valence-corrected chi connectivity index (χ2v) is 6.27. The number of nitro benzene ring substituents is 1. The number of carbonyl (C=O) groups excluding carboxylic acids is 1. The molecule has 0 radical (unpaired) electrons. The Balaban J connectivity index is 2.12. The zero-order chi connectivity index (χ0) is 20.3. The first-order valence-corrected chi connectivity index (χ1v) is 8.75. The molecule has 0 saturated heterocycles. The summed E-state index contributed by atoms with van der Waals surface area (Å²) in [6, 6.07) is 13.5. The Hall–Kier alpha value is -3.52. The number of aryl methyl sites for hydroxylation is 2. The topological polar surface area (TPSA) is 99.3 Å². The Kier molecular flexibility index (Phi) is 5.51. The SMILES string of the molecule is CCONC(=O)c1cc(-c2ccc(C)c(C)c2)nn1-c1cccc([N+](=O)[O-])c1. The van der Waals surface area contributed by atoms with Gasteiger partial charge in [0, 0.05) is 17.7 Å². The summed E-state index contributed by atoms with van der Waals surface area (Å²) in [5.41, 5.74) is 6.55. The average Bonchev–Trinajstić information content (AvgIpc) is 3.14. The molecule has 0 aliphatic carbocycles. The van der Waals surface area contributed by atoms with Gasteiger partial charge in [0.15, 0.2) is 0 Å². The lowest BCUT2D eigenvalue weighted by atomic mass is 10.0. The van der Waals surface area contributed by atoms with Gasteiger partial charge in [0.1, 0.15) is 5.69 Å². The van der Waals surface area contributed by atoms with Crippen molar-refractivity contribution in [1.29, 1.82) is 0 Å². The lowest BCUT2D eigenvalue weighted by molar-refractivity contribution is -0.384. The second kappa shape index (κ2) is 8.01. The Morgan fingerprint density at radius 2 is 1.96 bits per heavy atom. The number of rotatable bonds is 6. The van der Waals surface area contributed by atoms with E-state index in [2.05, 4.69) is 10.6 Å². The van der Waals surface area contributed by atoms with Gasteiger partial charge in [-0.15, -0.1) is 0 Å². The van der Waals surface area contributed by atoms with Crippen LogP contribution in [-0.2, 0) is 4.84 Å². The zero-order valence-corrected chi connectivity index (χ0v) is 15.8. The molecular formula is C20H20N4O4. The fourth-order valence-electron chi connectivity index (χ4n) is 2.71. The number of hydrogen-bond acceptors (Lipinski definition) is 5. The van der Waals surface area contributed by atoms with E-state index in [-0.39, 0.29) is 11.4 Å². The molecular weight excluding hydrogens is 360 g/mol. The lowest BCUT2D eigenvalue weighted by Gasteiger charge is -2.07. The van der Waals surface area contributed by atoms with E-state index in [0.29, 0.717) is 18.0 Å². The van der Waals surface area contributed by atoms with Crippen LogP contribution in [0.3, 0.4) is 0 Å². The van der Waals surface area contributed by atoms with Gasteiger partial charge in [-0.25, -0.2) is 10.2 Å². The smallest absolute Gasteiger partial charge is 0.274 e. The van der Waals surface area contributed by atoms with Crippen LogP contribution < -0.4 is 5.48 Å². The van der Waals surface area contributed by atoms with Gasteiger partial charge in [-0.05, 0) is 50.1 Å². The van der Waals surface area contributed by atoms with Gasteiger partial charge in [0.2, 0.25) is 0 Å². The quantitative estimate of drug-likeness (QED) is 0.519. The van der Waals surface area contributed by atoms with Crippen LogP contribution in [0, 0.1) is 24.0 Å². The molecule has 2 aromatic carbocycles. The number of amides is 1. The number of nitro groups is 1. The summed E-state index contributed by atoms with van der Waals surface area (Å²) < 4.78 is 1.38. The second-order valence-electron chi connectivity index (χ2n) is 6.27. The highest BCUT2D eigenvalue weighted by molar-refractivity contribution is 5.93. The lowest BCUT2D eigenvalue weighted by Crippen LogP contribution is -2.26. The third kappa shape index (κ3) is 3.91. The standard InChI is InChI=1S/C20H20N4O4/c1-4-28-22-20(25)19-12-18(15-9-8-13(2)14(3)10-15)21-23(19)16-6-5-7-17(11-16)24(26)27/h5-12H,4H2,1-3H3,(H,22,25). The molecule has 1 amide bonds. The van der Waals surface area contributed by atoms with Crippen molar-refractivity contribution >= 4 is 11.6 Å². The molecule has 8 heteroatoms. The number of hydrogen-bond donors (Lipinski definition) is 1. The van der Waals surface area contributed by atoms with Crippen molar-refractivity contribution in [2.24, 2.45) is 0 Å². The Morgan fingerprint density at radius 3 is 2.64 bits per heavy atom. The van der Waals surface area contributed by atoms with Gasteiger partial charge in [-0.1, -0.05) is 18.2 Å². The number of hydroxylamine groups is 1. The van der Waals surface area contributed by atoms with E-state index in [1.807, 2.05) is 32.0 Å². The Labute approximate surface area is 161 Å². The predicted molar refractivity (Wildman–Crippen MR) is 104 cm³/mol. The highest BCUT2D eigenvalue weighted by Gasteiger charge is 2.19. The molecule has 28 heavy (non-hydrogen) atoms. The van der Waals surface area contributed by atoms with E-state index in [9.17, 15) is 14.9 Å². The van der Waals surface area contributed by atoms with Gasteiger partial charge >= 0.3 is 0 Å². The zero-order valence-electron chi connectivity index (χ0n) is 15.8. The first-order valence-electron chi connectivity index (χ1n) is 8.75. The fraction of sp³-hybridized carbons (Fsp3) is 0.200. The molecule has 144 valence electrons. The number of benzene rings is 2. The molecule has 0 unspecified atom stereocenters. The van der Waals surface area contributed by atoms with Crippen molar-refractivity contribution in [3.05, 3.63) is 75.5 Å². The van der Waals surface area contributed by atoms with E-state index >= 15 is 0 Å². The van der Waals surface area contributed by atoms with Crippen LogP contribution in [0.25, 0.3) is 16.9 Å². The third-order valence-corrected chi connectivity index (χ3v) is 4.34. The van der Waals surface area contributed by atoms with Gasteiger partial charge in [0.05, 0.1) is 22.9 Å². The van der Waals surface area contributed by atoms with Gasteiger partial charge in [0.25, 0.3) is 11.6 Å². The van der Waals surface area contributed by atoms with Crippen molar-refractivity contribution in [3.8, 4) is 16.9 Å². The molecule has 0 spiro atoms. The maximum Gasteiger partial charge on any atom is 0.293 e. The summed E-state index contributed by atoms with van der Waals surface area (Å²) in [6.07, 6.45) is 0. The molecule has 1 heterocycles. The monoisotopic (exact) mass is 380 g/mol. The third-order valence-electron chi connectivity index (χ3n) is 4.34. The molecule has 0 aliphatic heterocycles. The normalized spacial score (nSPS) is 10.7. The molecule has 3 aromatic rings. The molecule has 8 nitrogen and oxygen atoms in total. The molecule has 0 bridgehead atoms. The van der Waals surface area contributed by atoms with Crippen LogP contribution in [0.15, 0.2) is 48.5 Å². The maximum atomic E-state index is 12.6. The van der Waals surface area contributed by atoms with E-state index in [1.165, 1.54) is 16.8 Å². The van der Waals surface area contributed by atoms with Crippen molar-refractivity contribution in [2.75, 3.05) is 6.61 Å². The van der Waals surface area contributed by atoms with Gasteiger partial charge in [-0.3, -0.25) is 19.7 Å². The number of nitrogens with one attached hydrogen (secondary N) is 1. The summed E-state index contributed by atoms with van der Waals surface area (Å²) >= 11 is 0. The van der Waals surface area contributed by atoms with Gasteiger partial charge in [-0.2, -0.15) is 5.10 Å².